The Balaban J connectivity index is 1.72. The van der Waals surface area contributed by atoms with Gasteiger partial charge in [0.05, 0.1) is 0 Å². The zero-order chi connectivity index (χ0) is 11.7. The van der Waals surface area contributed by atoms with Gasteiger partial charge in [0.1, 0.15) is 0 Å². The van der Waals surface area contributed by atoms with E-state index in [2.05, 4.69) is 36.5 Å². The predicted molar refractivity (Wildman–Crippen MR) is 72.2 cm³/mol. The van der Waals surface area contributed by atoms with E-state index in [-0.39, 0.29) is 0 Å². The lowest BCUT2D eigenvalue weighted by Crippen LogP contribution is -2.33. The molecular weight excluding hydrogens is 206 g/mol. The van der Waals surface area contributed by atoms with E-state index in [9.17, 15) is 0 Å². The lowest BCUT2D eigenvalue weighted by molar-refractivity contribution is 0.333. The number of benzene rings is 1. The Hall–Kier alpha value is -0.820. The Kier molecular flexibility index (Phi) is 3.19. The maximum atomic E-state index is 3.90. The van der Waals surface area contributed by atoms with Gasteiger partial charge in [-0.05, 0) is 36.3 Å². The summed E-state index contributed by atoms with van der Waals surface area (Å²) in [4.78, 5) is 0. The molecule has 1 nitrogen and oxygen atoms in total. The molecule has 2 aliphatic rings. The summed E-state index contributed by atoms with van der Waals surface area (Å²) in [6.45, 7) is 2.36. The van der Waals surface area contributed by atoms with Crippen LogP contribution in [-0.2, 0) is 0 Å². The minimum Gasteiger partial charge on any atom is -0.307 e. The maximum Gasteiger partial charge on any atom is 0.0331 e. The number of hydrogen-bond acceptors (Lipinski definition) is 1. The molecule has 1 N–H and O–H groups in total. The molecule has 1 aromatic rings. The van der Waals surface area contributed by atoms with Crippen molar-refractivity contribution in [2.24, 2.45) is 0 Å². The molecule has 3 rings (SSSR count). The van der Waals surface area contributed by atoms with Gasteiger partial charge in [-0.15, -0.1) is 0 Å². The molecule has 1 aromatic carbocycles. The summed E-state index contributed by atoms with van der Waals surface area (Å²) in [5.74, 6) is 0.729. The molecule has 0 bridgehead atoms. The molecule has 0 aromatic heterocycles. The van der Waals surface area contributed by atoms with Crippen molar-refractivity contribution in [2.45, 2.75) is 63.5 Å². The molecule has 1 saturated carbocycles. The molecule has 0 aliphatic heterocycles. The molecule has 0 saturated heterocycles. The van der Waals surface area contributed by atoms with Gasteiger partial charge in [0.25, 0.3) is 0 Å². The molecule has 2 atom stereocenters. The second kappa shape index (κ2) is 4.81. The molecule has 0 amide bonds. The summed E-state index contributed by atoms with van der Waals surface area (Å²) in [5, 5.41) is 3.90. The van der Waals surface area contributed by atoms with Crippen LogP contribution in [0.25, 0.3) is 0 Å². The SMILES string of the molecule is CC1CC(NC2CCCCC2)c2ccccc21. The molecule has 0 heterocycles. The van der Waals surface area contributed by atoms with Gasteiger partial charge in [0.2, 0.25) is 0 Å². The van der Waals surface area contributed by atoms with Crippen LogP contribution >= 0.6 is 0 Å². The number of hydrogen-bond donors (Lipinski definition) is 1. The quantitative estimate of drug-likeness (QED) is 0.803. The van der Waals surface area contributed by atoms with Crippen LogP contribution in [0.1, 0.15) is 68.5 Å². The van der Waals surface area contributed by atoms with Crippen LogP contribution in [0, 0.1) is 0 Å². The lowest BCUT2D eigenvalue weighted by Gasteiger charge is -2.27. The molecule has 2 unspecified atom stereocenters. The van der Waals surface area contributed by atoms with Gasteiger partial charge in [-0.2, -0.15) is 0 Å². The average molecular weight is 229 g/mol. The Morgan fingerprint density at radius 1 is 1.00 bits per heavy atom. The summed E-state index contributed by atoms with van der Waals surface area (Å²) in [6, 6.07) is 10.4. The minimum atomic E-state index is 0.615. The number of fused-ring (bicyclic) bond motifs is 1. The largest absolute Gasteiger partial charge is 0.307 e. The van der Waals surface area contributed by atoms with Gasteiger partial charge < -0.3 is 5.32 Å². The normalized spacial score (nSPS) is 29.2. The zero-order valence-electron chi connectivity index (χ0n) is 10.8. The van der Waals surface area contributed by atoms with Crippen molar-refractivity contribution in [3.63, 3.8) is 0 Å². The summed E-state index contributed by atoms with van der Waals surface area (Å²) in [6.07, 6.45) is 8.33. The first-order valence-electron chi connectivity index (χ1n) is 7.19. The van der Waals surface area contributed by atoms with E-state index in [4.69, 9.17) is 0 Å². The Morgan fingerprint density at radius 2 is 1.71 bits per heavy atom. The van der Waals surface area contributed by atoms with Gasteiger partial charge in [-0.25, -0.2) is 0 Å². The molecule has 0 spiro atoms. The highest BCUT2D eigenvalue weighted by molar-refractivity contribution is 5.37. The van der Waals surface area contributed by atoms with Crippen LogP contribution in [0.5, 0.6) is 0 Å². The first-order valence-corrected chi connectivity index (χ1v) is 7.19. The van der Waals surface area contributed by atoms with Crippen molar-refractivity contribution < 1.29 is 0 Å². The van der Waals surface area contributed by atoms with Crippen molar-refractivity contribution in [3.05, 3.63) is 35.4 Å². The van der Waals surface area contributed by atoms with E-state index in [1.807, 2.05) is 0 Å². The maximum absolute atomic E-state index is 3.90. The van der Waals surface area contributed by atoms with E-state index in [1.165, 1.54) is 38.5 Å². The van der Waals surface area contributed by atoms with Crippen LogP contribution < -0.4 is 5.32 Å². The van der Waals surface area contributed by atoms with Gasteiger partial charge in [0.15, 0.2) is 0 Å². The van der Waals surface area contributed by atoms with Crippen molar-refractivity contribution in [2.75, 3.05) is 0 Å². The number of rotatable bonds is 2. The first-order chi connectivity index (χ1) is 8.34. The molecule has 17 heavy (non-hydrogen) atoms. The second-order valence-electron chi connectivity index (χ2n) is 5.82. The Labute approximate surface area is 105 Å². The molecular formula is C16H23N. The second-order valence-corrected chi connectivity index (χ2v) is 5.82. The van der Waals surface area contributed by atoms with Crippen molar-refractivity contribution >= 4 is 0 Å². The van der Waals surface area contributed by atoms with Crippen molar-refractivity contribution in [3.8, 4) is 0 Å². The smallest absolute Gasteiger partial charge is 0.0331 e. The van der Waals surface area contributed by atoms with Crippen LogP contribution in [-0.4, -0.2) is 6.04 Å². The summed E-state index contributed by atoms with van der Waals surface area (Å²) in [7, 11) is 0. The van der Waals surface area contributed by atoms with Crippen LogP contribution in [0.4, 0.5) is 0 Å². The Bertz CT molecular complexity index is 379. The molecule has 0 radical (unpaired) electrons. The topological polar surface area (TPSA) is 12.0 Å². The van der Waals surface area contributed by atoms with Crippen molar-refractivity contribution in [1.29, 1.82) is 0 Å². The van der Waals surface area contributed by atoms with E-state index >= 15 is 0 Å². The Morgan fingerprint density at radius 3 is 2.47 bits per heavy atom. The van der Waals surface area contributed by atoms with E-state index in [1.54, 1.807) is 11.1 Å². The summed E-state index contributed by atoms with van der Waals surface area (Å²) < 4.78 is 0. The van der Waals surface area contributed by atoms with Gasteiger partial charge in [-0.3, -0.25) is 0 Å². The summed E-state index contributed by atoms with van der Waals surface area (Å²) >= 11 is 0. The highest BCUT2D eigenvalue weighted by Gasteiger charge is 2.29. The average Bonchev–Trinajstić information content (AvgIpc) is 2.69. The van der Waals surface area contributed by atoms with E-state index in [0.29, 0.717) is 6.04 Å². The van der Waals surface area contributed by atoms with Gasteiger partial charge in [0, 0.05) is 12.1 Å². The third kappa shape index (κ3) is 2.26. The van der Waals surface area contributed by atoms with Crippen molar-refractivity contribution in [1.82, 2.24) is 5.32 Å². The zero-order valence-corrected chi connectivity index (χ0v) is 10.8. The summed E-state index contributed by atoms with van der Waals surface area (Å²) in [5.41, 5.74) is 3.13. The van der Waals surface area contributed by atoms with E-state index < -0.39 is 0 Å². The van der Waals surface area contributed by atoms with Crippen LogP contribution in [0.2, 0.25) is 0 Å². The van der Waals surface area contributed by atoms with Crippen LogP contribution in [0.15, 0.2) is 24.3 Å². The lowest BCUT2D eigenvalue weighted by atomic mass is 9.94. The highest BCUT2D eigenvalue weighted by atomic mass is 15.0. The molecule has 2 aliphatic carbocycles. The molecule has 1 heteroatoms. The van der Waals surface area contributed by atoms with E-state index in [0.717, 1.165) is 12.0 Å². The first kappa shape index (κ1) is 11.3. The highest BCUT2D eigenvalue weighted by Crippen LogP contribution is 2.40. The number of nitrogens with one attached hydrogen (secondary N) is 1. The fourth-order valence-corrected chi connectivity index (χ4v) is 3.60. The molecule has 92 valence electrons. The third-order valence-corrected chi connectivity index (χ3v) is 4.53. The van der Waals surface area contributed by atoms with Gasteiger partial charge >= 0.3 is 0 Å². The predicted octanol–water partition coefficient (Wildman–Crippen LogP) is 4.16. The monoisotopic (exact) mass is 229 g/mol. The standard InChI is InChI=1S/C16H23N/c1-12-11-16(15-10-6-5-9-14(12)15)17-13-7-3-2-4-8-13/h5-6,9-10,12-13,16-17H,2-4,7-8,11H2,1H3. The van der Waals surface area contributed by atoms with Crippen LogP contribution in [0.3, 0.4) is 0 Å². The minimum absolute atomic E-state index is 0.615. The molecule has 1 fully saturated rings. The fraction of sp³-hybridized carbons (Fsp3) is 0.625. The van der Waals surface area contributed by atoms with Gasteiger partial charge in [-0.1, -0.05) is 50.5 Å². The fourth-order valence-electron chi connectivity index (χ4n) is 3.60. The third-order valence-electron chi connectivity index (χ3n) is 4.53.